The summed E-state index contributed by atoms with van der Waals surface area (Å²) < 4.78 is 11.2. The molecule has 0 saturated heterocycles. The monoisotopic (exact) mass is 310 g/mol. The molecule has 1 aromatic heterocycles. The van der Waals surface area contributed by atoms with Crippen LogP contribution < -0.4 is 4.74 Å². The summed E-state index contributed by atoms with van der Waals surface area (Å²) in [5.41, 5.74) is 1.64. The Kier molecular flexibility index (Phi) is 5.11. The molecule has 0 atom stereocenters. The normalized spacial score (nSPS) is 10.6. The highest BCUT2D eigenvalue weighted by Crippen LogP contribution is 2.31. The number of hydrogen-bond donors (Lipinski definition) is 1. The van der Waals surface area contributed by atoms with Gasteiger partial charge in [-0.1, -0.05) is 23.8 Å². The first kappa shape index (κ1) is 15.0. The Balaban J connectivity index is 2.49. The van der Waals surface area contributed by atoms with Gasteiger partial charge in [-0.05, 0) is 31.2 Å². The highest BCUT2D eigenvalue weighted by Gasteiger charge is 2.09. The second-order valence-corrected chi connectivity index (χ2v) is 4.92. The van der Waals surface area contributed by atoms with E-state index in [0.29, 0.717) is 34.5 Å². The predicted molar refractivity (Wildman–Crippen MR) is 81.7 cm³/mol. The molecule has 0 radical (unpaired) electrons. The van der Waals surface area contributed by atoms with Gasteiger partial charge in [-0.15, -0.1) is 0 Å². The van der Waals surface area contributed by atoms with Crippen LogP contribution in [0.4, 0.5) is 0 Å². The Bertz CT molecular complexity index is 658. The van der Waals surface area contributed by atoms with Crippen LogP contribution in [0.25, 0.3) is 11.3 Å². The third kappa shape index (κ3) is 3.56. The summed E-state index contributed by atoms with van der Waals surface area (Å²) in [5.74, 6) is 1.39. The molecule has 0 spiro atoms. The minimum atomic E-state index is 0.386. The van der Waals surface area contributed by atoms with Gasteiger partial charge in [0.05, 0.1) is 12.8 Å². The van der Waals surface area contributed by atoms with Crippen molar-refractivity contribution in [1.29, 1.82) is 0 Å². The molecule has 1 N–H and O–H groups in total. The lowest BCUT2D eigenvalue weighted by Crippen LogP contribution is -2.01. The van der Waals surface area contributed by atoms with Crippen molar-refractivity contribution in [3.8, 4) is 17.0 Å². The lowest BCUT2D eigenvalue weighted by Gasteiger charge is -2.10. The Morgan fingerprint density at radius 2 is 2.15 bits per heavy atom. The van der Waals surface area contributed by atoms with Crippen molar-refractivity contribution in [2.24, 2.45) is 0 Å². The van der Waals surface area contributed by atoms with Crippen LogP contribution in [0.3, 0.4) is 0 Å². The molecule has 0 aliphatic rings. The van der Waals surface area contributed by atoms with E-state index in [1.54, 1.807) is 19.2 Å². The fourth-order valence-electron chi connectivity index (χ4n) is 1.81. The van der Waals surface area contributed by atoms with Crippen LogP contribution in [0, 0.1) is 4.64 Å². The molecule has 1 aromatic carbocycles. The Morgan fingerprint density at radius 3 is 2.85 bits per heavy atom. The molecule has 0 bridgehead atoms. The summed E-state index contributed by atoms with van der Waals surface area (Å²) in [6.45, 7) is 2.93. The average Bonchev–Trinajstić information content (AvgIpc) is 2.44. The number of hydrogen-bond acceptors (Lipinski definition) is 4. The SMILES string of the molecule is CCOCc1nc(=S)cc(-c2cc(Cl)ccc2OC)[nH]1. The van der Waals surface area contributed by atoms with Crippen LogP contribution in [0.5, 0.6) is 5.75 Å². The van der Waals surface area contributed by atoms with Crippen molar-refractivity contribution in [1.82, 2.24) is 9.97 Å². The van der Waals surface area contributed by atoms with Crippen molar-refractivity contribution >= 4 is 23.8 Å². The van der Waals surface area contributed by atoms with Crippen LogP contribution >= 0.6 is 23.8 Å². The van der Waals surface area contributed by atoms with E-state index >= 15 is 0 Å². The van der Waals surface area contributed by atoms with E-state index in [-0.39, 0.29) is 0 Å². The molecule has 0 aliphatic carbocycles. The van der Waals surface area contributed by atoms with E-state index < -0.39 is 0 Å². The Labute approximate surface area is 127 Å². The molecule has 0 unspecified atom stereocenters. The summed E-state index contributed by atoms with van der Waals surface area (Å²) in [7, 11) is 1.61. The third-order valence-electron chi connectivity index (χ3n) is 2.69. The van der Waals surface area contributed by atoms with Crippen LogP contribution in [-0.2, 0) is 11.3 Å². The number of nitrogens with one attached hydrogen (secondary N) is 1. The summed E-state index contributed by atoms with van der Waals surface area (Å²) >= 11 is 11.2. The second-order valence-electron chi connectivity index (χ2n) is 4.06. The fourth-order valence-corrected chi connectivity index (χ4v) is 2.21. The zero-order valence-corrected chi connectivity index (χ0v) is 12.8. The van der Waals surface area contributed by atoms with Crippen molar-refractivity contribution in [3.63, 3.8) is 0 Å². The third-order valence-corrected chi connectivity index (χ3v) is 3.13. The van der Waals surface area contributed by atoms with Gasteiger partial charge in [0.2, 0.25) is 0 Å². The molecule has 6 heteroatoms. The largest absolute Gasteiger partial charge is 0.496 e. The molecular weight excluding hydrogens is 296 g/mol. The van der Waals surface area contributed by atoms with Gasteiger partial charge >= 0.3 is 0 Å². The molecule has 0 amide bonds. The number of halogens is 1. The quantitative estimate of drug-likeness (QED) is 0.848. The molecule has 0 saturated carbocycles. The molecule has 0 fully saturated rings. The van der Waals surface area contributed by atoms with Crippen LogP contribution in [0.15, 0.2) is 24.3 Å². The maximum Gasteiger partial charge on any atom is 0.134 e. The van der Waals surface area contributed by atoms with Gasteiger partial charge in [0, 0.05) is 17.2 Å². The van der Waals surface area contributed by atoms with Gasteiger partial charge in [-0.25, -0.2) is 4.98 Å². The number of aromatic nitrogens is 2. The smallest absolute Gasteiger partial charge is 0.134 e. The summed E-state index contributed by atoms with van der Waals surface area (Å²) in [6.07, 6.45) is 0. The Morgan fingerprint density at radius 1 is 1.35 bits per heavy atom. The summed E-state index contributed by atoms with van der Waals surface area (Å²) in [4.78, 5) is 7.43. The first-order valence-electron chi connectivity index (χ1n) is 6.16. The van der Waals surface area contributed by atoms with E-state index in [4.69, 9.17) is 33.3 Å². The van der Waals surface area contributed by atoms with Crippen molar-refractivity contribution < 1.29 is 9.47 Å². The first-order chi connectivity index (χ1) is 9.63. The first-order valence-corrected chi connectivity index (χ1v) is 6.94. The van der Waals surface area contributed by atoms with E-state index in [1.807, 2.05) is 19.1 Å². The minimum Gasteiger partial charge on any atom is -0.496 e. The van der Waals surface area contributed by atoms with E-state index in [1.165, 1.54) is 0 Å². The lowest BCUT2D eigenvalue weighted by molar-refractivity contribution is 0.128. The zero-order chi connectivity index (χ0) is 14.5. The van der Waals surface area contributed by atoms with Crippen LogP contribution in [-0.4, -0.2) is 23.7 Å². The number of H-pyrrole nitrogens is 1. The molecule has 106 valence electrons. The molecule has 4 nitrogen and oxygen atoms in total. The molecular formula is C14H15ClN2O2S. The van der Waals surface area contributed by atoms with Gasteiger partial charge in [0.25, 0.3) is 0 Å². The van der Waals surface area contributed by atoms with Gasteiger partial charge in [-0.3, -0.25) is 0 Å². The van der Waals surface area contributed by atoms with Gasteiger partial charge in [-0.2, -0.15) is 0 Å². The fraction of sp³-hybridized carbons (Fsp3) is 0.286. The molecule has 2 aromatic rings. The Hall–Kier alpha value is -1.43. The van der Waals surface area contributed by atoms with Gasteiger partial charge in [0.15, 0.2) is 0 Å². The molecule has 20 heavy (non-hydrogen) atoms. The molecule has 1 heterocycles. The minimum absolute atomic E-state index is 0.386. The van der Waals surface area contributed by atoms with Crippen molar-refractivity contribution in [2.75, 3.05) is 13.7 Å². The topological polar surface area (TPSA) is 47.1 Å². The van der Waals surface area contributed by atoms with Gasteiger partial charge in [0.1, 0.15) is 22.8 Å². The maximum absolute atomic E-state index is 6.05. The summed E-state index contributed by atoms with van der Waals surface area (Å²) in [5, 5.41) is 0.628. The van der Waals surface area contributed by atoms with E-state index in [2.05, 4.69) is 9.97 Å². The number of benzene rings is 1. The number of aromatic amines is 1. The molecule has 0 aliphatic heterocycles. The number of nitrogens with zero attached hydrogens (tertiary/aromatic N) is 1. The molecule has 2 rings (SSSR count). The number of rotatable bonds is 5. The average molecular weight is 311 g/mol. The van der Waals surface area contributed by atoms with Crippen LogP contribution in [0.1, 0.15) is 12.7 Å². The maximum atomic E-state index is 6.05. The second kappa shape index (κ2) is 6.83. The summed E-state index contributed by atoms with van der Waals surface area (Å²) in [6, 6.07) is 7.20. The van der Waals surface area contributed by atoms with E-state index in [9.17, 15) is 0 Å². The van der Waals surface area contributed by atoms with Gasteiger partial charge < -0.3 is 14.5 Å². The standard InChI is InChI=1S/C14H15ClN2O2S/c1-3-19-8-13-16-11(7-14(20)17-13)10-6-9(15)4-5-12(10)18-2/h4-7H,3,8H2,1-2H3,(H,16,17,20). The number of ether oxygens (including phenoxy) is 2. The van der Waals surface area contributed by atoms with Crippen LogP contribution in [0.2, 0.25) is 5.02 Å². The highest BCUT2D eigenvalue weighted by molar-refractivity contribution is 7.71. The van der Waals surface area contributed by atoms with Crippen molar-refractivity contribution in [3.05, 3.63) is 39.8 Å². The highest BCUT2D eigenvalue weighted by atomic mass is 35.5. The zero-order valence-electron chi connectivity index (χ0n) is 11.3. The number of methoxy groups -OCH3 is 1. The predicted octanol–water partition coefficient (Wildman–Crippen LogP) is 4.00. The van der Waals surface area contributed by atoms with E-state index in [0.717, 1.165) is 11.3 Å². The lowest BCUT2D eigenvalue weighted by atomic mass is 10.1. The van der Waals surface area contributed by atoms with Crippen molar-refractivity contribution in [2.45, 2.75) is 13.5 Å².